The average molecular weight is 283 g/mol. The van der Waals surface area contributed by atoms with Crippen molar-refractivity contribution in [2.45, 2.75) is 25.4 Å². The number of rotatable bonds is 1. The fraction of sp³-hybridized carbons (Fsp3) is 0.714. The number of likely N-dealkylation sites (tertiary alicyclic amines) is 1. The molecular formula is C7H10INO3. The Morgan fingerprint density at radius 1 is 1.50 bits per heavy atom. The van der Waals surface area contributed by atoms with E-state index in [1.54, 1.807) is 0 Å². The Balaban J connectivity index is 2.77. The van der Waals surface area contributed by atoms with Gasteiger partial charge in [0.05, 0.1) is 23.0 Å². The van der Waals surface area contributed by atoms with Crippen LogP contribution >= 0.6 is 22.6 Å². The molecule has 1 aliphatic rings. The predicted octanol–water partition coefficient (Wildman–Crippen LogP) is 0.279. The smallest absolute Gasteiger partial charge is 0.232 e. The Labute approximate surface area is 84.1 Å². The summed E-state index contributed by atoms with van der Waals surface area (Å²) in [5.74, 6) is -0.573. The van der Waals surface area contributed by atoms with E-state index < -0.39 is 5.60 Å². The van der Waals surface area contributed by atoms with E-state index in [1.807, 2.05) is 22.6 Å². The van der Waals surface area contributed by atoms with Crippen molar-refractivity contribution in [3.63, 3.8) is 0 Å². The molecule has 68 valence electrons. The summed E-state index contributed by atoms with van der Waals surface area (Å²) in [6.45, 7) is 1.51. The number of carbonyl (C=O) groups excluding carboxylic acids is 2. The lowest BCUT2D eigenvalue weighted by molar-refractivity contribution is -0.155. The second-order valence-corrected chi connectivity index (χ2v) is 3.87. The molecule has 5 heteroatoms. The Bertz CT molecular complexity index is 207. The monoisotopic (exact) mass is 283 g/mol. The highest BCUT2D eigenvalue weighted by Crippen LogP contribution is 2.23. The summed E-state index contributed by atoms with van der Waals surface area (Å²) in [6, 6.07) is 0. The van der Waals surface area contributed by atoms with Gasteiger partial charge in [0.1, 0.15) is 0 Å². The van der Waals surface area contributed by atoms with Gasteiger partial charge in [0.15, 0.2) is 0 Å². The second kappa shape index (κ2) is 3.29. The van der Waals surface area contributed by atoms with E-state index >= 15 is 0 Å². The lowest BCUT2D eigenvalue weighted by atomic mass is 9.93. The Morgan fingerprint density at radius 3 is 2.25 bits per heavy atom. The summed E-state index contributed by atoms with van der Waals surface area (Å²) in [5, 5.41) is 9.46. The number of halogens is 1. The molecule has 1 rings (SSSR count). The summed E-state index contributed by atoms with van der Waals surface area (Å²) < 4.78 is 0.367. The summed E-state index contributed by atoms with van der Waals surface area (Å²) >= 11 is 1.95. The molecule has 0 unspecified atom stereocenters. The van der Waals surface area contributed by atoms with Crippen LogP contribution in [-0.4, -0.2) is 32.0 Å². The Kier molecular flexibility index (Phi) is 2.72. The first kappa shape index (κ1) is 9.91. The van der Waals surface area contributed by atoms with Crippen LogP contribution in [0.2, 0.25) is 0 Å². The number of amides is 2. The third-order valence-corrected chi connectivity index (χ3v) is 2.47. The maximum atomic E-state index is 11.2. The van der Waals surface area contributed by atoms with Gasteiger partial charge in [-0.25, -0.2) is 0 Å². The van der Waals surface area contributed by atoms with E-state index in [-0.39, 0.29) is 24.7 Å². The van der Waals surface area contributed by atoms with E-state index in [4.69, 9.17) is 0 Å². The van der Waals surface area contributed by atoms with Gasteiger partial charge in [0.2, 0.25) is 11.8 Å². The average Bonchev–Trinajstić information content (AvgIpc) is 1.82. The van der Waals surface area contributed by atoms with Gasteiger partial charge in [-0.15, -0.1) is 0 Å². The summed E-state index contributed by atoms with van der Waals surface area (Å²) in [7, 11) is 0. The van der Waals surface area contributed by atoms with E-state index in [2.05, 4.69) is 0 Å². The van der Waals surface area contributed by atoms with Crippen molar-refractivity contribution in [3.8, 4) is 0 Å². The molecule has 0 aromatic rings. The normalized spacial score (nSPS) is 23.1. The van der Waals surface area contributed by atoms with Gasteiger partial charge in [-0.3, -0.25) is 14.5 Å². The fourth-order valence-corrected chi connectivity index (χ4v) is 1.94. The number of carbonyl (C=O) groups is 2. The van der Waals surface area contributed by atoms with Gasteiger partial charge in [-0.05, 0) is 6.92 Å². The van der Waals surface area contributed by atoms with Crippen molar-refractivity contribution in [1.29, 1.82) is 0 Å². The van der Waals surface area contributed by atoms with Gasteiger partial charge in [0.25, 0.3) is 0 Å². The highest BCUT2D eigenvalue weighted by Gasteiger charge is 2.38. The highest BCUT2D eigenvalue weighted by molar-refractivity contribution is 14.1. The zero-order chi connectivity index (χ0) is 9.35. The third kappa shape index (κ3) is 1.95. The molecular weight excluding hydrogens is 273 g/mol. The van der Waals surface area contributed by atoms with Crippen LogP contribution < -0.4 is 0 Å². The number of piperidine rings is 1. The molecule has 0 bridgehead atoms. The number of imide groups is 1. The number of alkyl halides is 1. The van der Waals surface area contributed by atoms with E-state index in [1.165, 1.54) is 11.8 Å². The molecule has 1 aliphatic heterocycles. The molecule has 0 saturated carbocycles. The molecule has 1 fully saturated rings. The molecule has 0 atom stereocenters. The molecule has 0 aromatic carbocycles. The van der Waals surface area contributed by atoms with Crippen molar-refractivity contribution >= 4 is 34.4 Å². The second-order valence-electron chi connectivity index (χ2n) is 3.19. The molecule has 0 spiro atoms. The zero-order valence-electron chi connectivity index (χ0n) is 6.71. The number of aliphatic hydroxyl groups is 1. The topological polar surface area (TPSA) is 57.6 Å². The Hall–Kier alpha value is -0.170. The van der Waals surface area contributed by atoms with Crippen molar-refractivity contribution in [1.82, 2.24) is 4.90 Å². The highest BCUT2D eigenvalue weighted by atomic mass is 127. The third-order valence-electron chi connectivity index (χ3n) is 1.79. The maximum Gasteiger partial charge on any atom is 0.232 e. The van der Waals surface area contributed by atoms with Gasteiger partial charge < -0.3 is 5.11 Å². The molecule has 0 radical (unpaired) electrons. The van der Waals surface area contributed by atoms with Gasteiger partial charge in [-0.1, -0.05) is 22.6 Å². The first-order valence-electron chi connectivity index (χ1n) is 3.58. The van der Waals surface area contributed by atoms with E-state index in [0.717, 1.165) is 0 Å². The number of nitrogens with zero attached hydrogens (tertiary/aromatic N) is 1. The Morgan fingerprint density at radius 2 is 1.92 bits per heavy atom. The van der Waals surface area contributed by atoms with Crippen LogP contribution in [0.25, 0.3) is 0 Å². The molecule has 2 amide bonds. The molecule has 0 aromatic heterocycles. The van der Waals surface area contributed by atoms with Crippen LogP contribution in [0.3, 0.4) is 0 Å². The van der Waals surface area contributed by atoms with Gasteiger partial charge in [-0.2, -0.15) is 0 Å². The largest absolute Gasteiger partial charge is 0.389 e. The summed E-state index contributed by atoms with van der Waals surface area (Å²) in [6.07, 6.45) is 0.0868. The van der Waals surface area contributed by atoms with Crippen LogP contribution in [0.4, 0.5) is 0 Å². The predicted molar refractivity (Wildman–Crippen MR) is 50.6 cm³/mol. The van der Waals surface area contributed by atoms with E-state index in [9.17, 15) is 14.7 Å². The lowest BCUT2D eigenvalue weighted by Crippen LogP contribution is -2.49. The van der Waals surface area contributed by atoms with E-state index in [0.29, 0.717) is 4.55 Å². The standard InChI is InChI=1S/C7H10INO3/c1-7(12)2-5(10)9(4-8)6(11)3-7/h12H,2-4H2,1H3. The number of hydrogen-bond donors (Lipinski definition) is 1. The molecule has 0 aliphatic carbocycles. The van der Waals surface area contributed by atoms with Crippen LogP contribution in [0.5, 0.6) is 0 Å². The fourth-order valence-electron chi connectivity index (χ4n) is 1.18. The van der Waals surface area contributed by atoms with Crippen molar-refractivity contribution in [2.24, 2.45) is 0 Å². The molecule has 1 N–H and O–H groups in total. The summed E-state index contributed by atoms with van der Waals surface area (Å²) in [4.78, 5) is 23.5. The molecule has 4 nitrogen and oxygen atoms in total. The quantitative estimate of drug-likeness (QED) is 0.325. The molecule has 1 saturated heterocycles. The van der Waals surface area contributed by atoms with Gasteiger partial charge >= 0.3 is 0 Å². The van der Waals surface area contributed by atoms with Crippen molar-refractivity contribution < 1.29 is 14.7 Å². The maximum absolute atomic E-state index is 11.2. The minimum Gasteiger partial charge on any atom is -0.389 e. The van der Waals surface area contributed by atoms with Crippen molar-refractivity contribution in [3.05, 3.63) is 0 Å². The summed E-state index contributed by atoms with van der Waals surface area (Å²) in [5.41, 5.74) is -1.14. The number of hydrogen-bond acceptors (Lipinski definition) is 3. The minimum absolute atomic E-state index is 0.0434. The molecule has 1 heterocycles. The first-order valence-corrected chi connectivity index (χ1v) is 5.10. The van der Waals surface area contributed by atoms with Gasteiger partial charge in [0, 0.05) is 0 Å². The first-order chi connectivity index (χ1) is 5.46. The van der Waals surface area contributed by atoms with Crippen LogP contribution in [-0.2, 0) is 9.59 Å². The zero-order valence-corrected chi connectivity index (χ0v) is 8.87. The van der Waals surface area contributed by atoms with Crippen LogP contribution in [0.1, 0.15) is 19.8 Å². The SMILES string of the molecule is CC1(O)CC(=O)N(CI)C(=O)C1. The van der Waals surface area contributed by atoms with Crippen LogP contribution in [0.15, 0.2) is 0 Å². The minimum atomic E-state index is -1.14. The lowest BCUT2D eigenvalue weighted by Gasteiger charge is -2.32. The van der Waals surface area contributed by atoms with Crippen molar-refractivity contribution in [2.75, 3.05) is 4.55 Å². The van der Waals surface area contributed by atoms with Crippen LogP contribution in [0, 0.1) is 0 Å². The molecule has 12 heavy (non-hydrogen) atoms.